The molecule has 3 heterocycles. The fraction of sp³-hybridized carbons (Fsp3) is 0.600. The molecule has 3 aliphatic rings. The van der Waals surface area contributed by atoms with E-state index in [1.807, 2.05) is 17.0 Å². The second-order valence-corrected chi connectivity index (χ2v) is 7.70. The number of para-hydroxylation sites is 1. The number of piperidine rings is 2. The second-order valence-electron chi connectivity index (χ2n) is 7.70. The molecule has 3 amide bonds. The van der Waals surface area contributed by atoms with E-state index in [0.29, 0.717) is 19.6 Å². The molecule has 1 spiro atoms. The number of aryl methyl sites for hydroxylation is 1. The lowest BCUT2D eigenvalue weighted by Crippen LogP contribution is -2.54. The topological polar surface area (TPSA) is 70.7 Å². The van der Waals surface area contributed by atoms with Crippen LogP contribution in [0.3, 0.4) is 0 Å². The maximum Gasteiger partial charge on any atom is 0.317 e. The molecular formula is C20H27N3O3. The Kier molecular flexibility index (Phi) is 4.74. The molecule has 3 aliphatic heterocycles. The van der Waals surface area contributed by atoms with Crippen LogP contribution in [-0.2, 0) is 11.2 Å². The minimum absolute atomic E-state index is 0.0587. The summed E-state index contributed by atoms with van der Waals surface area (Å²) < 4.78 is 6.35. The van der Waals surface area contributed by atoms with Crippen LogP contribution in [0.25, 0.3) is 0 Å². The van der Waals surface area contributed by atoms with E-state index in [1.54, 1.807) is 0 Å². The van der Waals surface area contributed by atoms with Crippen molar-refractivity contribution >= 4 is 11.9 Å². The molecule has 0 radical (unpaired) electrons. The van der Waals surface area contributed by atoms with E-state index < -0.39 is 0 Å². The summed E-state index contributed by atoms with van der Waals surface area (Å²) in [6.45, 7) is 2.58. The molecule has 1 unspecified atom stereocenters. The normalized spacial score (nSPS) is 24.4. The quantitative estimate of drug-likeness (QED) is 0.851. The number of nitrogens with zero attached hydrogens (tertiary/aromatic N) is 1. The van der Waals surface area contributed by atoms with E-state index in [9.17, 15) is 9.59 Å². The van der Waals surface area contributed by atoms with Crippen molar-refractivity contribution in [3.8, 4) is 5.75 Å². The van der Waals surface area contributed by atoms with E-state index in [0.717, 1.165) is 50.8 Å². The van der Waals surface area contributed by atoms with Crippen molar-refractivity contribution in [1.29, 1.82) is 0 Å². The molecule has 1 aromatic carbocycles. The van der Waals surface area contributed by atoms with Crippen molar-refractivity contribution in [1.82, 2.24) is 15.5 Å². The lowest BCUT2D eigenvalue weighted by Gasteiger charge is -2.44. The van der Waals surface area contributed by atoms with E-state index >= 15 is 0 Å². The summed E-state index contributed by atoms with van der Waals surface area (Å²) in [7, 11) is 0. The Balaban J connectivity index is 1.28. The number of likely N-dealkylation sites (tertiary alicyclic amines) is 1. The number of fused-ring (bicyclic) bond motifs is 1. The Labute approximate surface area is 154 Å². The number of ether oxygens (including phenoxy) is 1. The van der Waals surface area contributed by atoms with Gasteiger partial charge >= 0.3 is 6.03 Å². The zero-order valence-corrected chi connectivity index (χ0v) is 15.1. The van der Waals surface area contributed by atoms with E-state index in [1.165, 1.54) is 5.56 Å². The fourth-order valence-corrected chi connectivity index (χ4v) is 4.28. The Morgan fingerprint density at radius 2 is 2.08 bits per heavy atom. The van der Waals surface area contributed by atoms with Crippen LogP contribution < -0.4 is 15.4 Å². The summed E-state index contributed by atoms with van der Waals surface area (Å²) in [5.41, 5.74) is 1.15. The van der Waals surface area contributed by atoms with E-state index in [4.69, 9.17) is 4.74 Å². The third-order valence-corrected chi connectivity index (χ3v) is 6.01. The Bertz CT molecular complexity index is 683. The van der Waals surface area contributed by atoms with Gasteiger partial charge in [-0.2, -0.15) is 0 Å². The molecule has 2 N–H and O–H groups in total. The molecule has 2 fully saturated rings. The van der Waals surface area contributed by atoms with Crippen LogP contribution in [0, 0.1) is 5.92 Å². The Morgan fingerprint density at radius 1 is 1.27 bits per heavy atom. The van der Waals surface area contributed by atoms with Gasteiger partial charge in [0.1, 0.15) is 11.4 Å². The largest absolute Gasteiger partial charge is 0.487 e. The van der Waals surface area contributed by atoms with Crippen LogP contribution in [0.4, 0.5) is 4.79 Å². The Morgan fingerprint density at radius 3 is 2.88 bits per heavy atom. The average molecular weight is 357 g/mol. The number of rotatable bonds is 2. The third-order valence-electron chi connectivity index (χ3n) is 6.01. The van der Waals surface area contributed by atoms with Gasteiger partial charge in [0.2, 0.25) is 5.91 Å². The zero-order chi connectivity index (χ0) is 18.0. The smallest absolute Gasteiger partial charge is 0.317 e. The number of benzene rings is 1. The van der Waals surface area contributed by atoms with E-state index in [2.05, 4.69) is 22.8 Å². The number of hydrogen-bond donors (Lipinski definition) is 2. The minimum Gasteiger partial charge on any atom is -0.487 e. The van der Waals surface area contributed by atoms with Gasteiger partial charge in [0, 0.05) is 39.0 Å². The first kappa shape index (κ1) is 17.2. The SMILES string of the molecule is O=C1NCCCC1CNC(=O)N1CCC2(CCc3ccccc3O2)CC1. The summed E-state index contributed by atoms with van der Waals surface area (Å²) in [5, 5.41) is 5.81. The van der Waals surface area contributed by atoms with Crippen molar-refractivity contribution in [2.75, 3.05) is 26.2 Å². The molecule has 2 saturated heterocycles. The molecule has 1 atom stereocenters. The highest BCUT2D eigenvalue weighted by molar-refractivity contribution is 5.81. The monoisotopic (exact) mass is 357 g/mol. The average Bonchev–Trinajstić information content (AvgIpc) is 2.68. The fourth-order valence-electron chi connectivity index (χ4n) is 4.28. The number of amides is 3. The lowest BCUT2D eigenvalue weighted by molar-refractivity contribution is -0.126. The zero-order valence-electron chi connectivity index (χ0n) is 15.1. The highest BCUT2D eigenvalue weighted by atomic mass is 16.5. The molecule has 0 aliphatic carbocycles. The van der Waals surface area contributed by atoms with Crippen molar-refractivity contribution in [3.63, 3.8) is 0 Å². The molecule has 26 heavy (non-hydrogen) atoms. The molecule has 4 rings (SSSR count). The van der Waals surface area contributed by atoms with Gasteiger partial charge in [0.25, 0.3) is 0 Å². The summed E-state index contributed by atoms with van der Waals surface area (Å²) >= 11 is 0. The molecule has 0 bridgehead atoms. The number of hydrogen-bond acceptors (Lipinski definition) is 3. The van der Waals surface area contributed by atoms with Crippen LogP contribution in [0.15, 0.2) is 24.3 Å². The number of nitrogens with one attached hydrogen (secondary N) is 2. The van der Waals surface area contributed by atoms with Gasteiger partial charge in [0.15, 0.2) is 0 Å². The Hall–Kier alpha value is -2.24. The van der Waals surface area contributed by atoms with Gasteiger partial charge in [-0.25, -0.2) is 4.79 Å². The maximum atomic E-state index is 12.5. The first-order valence-electron chi connectivity index (χ1n) is 9.73. The predicted octanol–water partition coefficient (Wildman–Crippen LogP) is 2.08. The molecular weight excluding hydrogens is 330 g/mol. The second kappa shape index (κ2) is 7.17. The van der Waals surface area contributed by atoms with Gasteiger partial charge in [-0.3, -0.25) is 4.79 Å². The van der Waals surface area contributed by atoms with Crippen LogP contribution >= 0.6 is 0 Å². The molecule has 6 nitrogen and oxygen atoms in total. The van der Waals surface area contributed by atoms with Crippen molar-refractivity contribution in [2.24, 2.45) is 5.92 Å². The van der Waals surface area contributed by atoms with Crippen LogP contribution in [-0.4, -0.2) is 48.6 Å². The summed E-state index contributed by atoms with van der Waals surface area (Å²) in [4.78, 5) is 26.1. The number of carbonyl (C=O) groups is 2. The van der Waals surface area contributed by atoms with Crippen molar-refractivity contribution in [3.05, 3.63) is 29.8 Å². The summed E-state index contributed by atoms with van der Waals surface area (Å²) in [5.74, 6) is 0.963. The number of carbonyl (C=O) groups excluding carboxylic acids is 2. The van der Waals surface area contributed by atoms with Crippen molar-refractivity contribution in [2.45, 2.75) is 44.1 Å². The first-order chi connectivity index (χ1) is 12.7. The summed E-state index contributed by atoms with van der Waals surface area (Å²) in [6, 6.07) is 8.19. The van der Waals surface area contributed by atoms with Gasteiger partial charge < -0.3 is 20.3 Å². The predicted molar refractivity (Wildman–Crippen MR) is 98.1 cm³/mol. The first-order valence-corrected chi connectivity index (χ1v) is 9.73. The standard InChI is InChI=1S/C20H27N3O3/c24-18-16(5-3-11-21-18)14-22-19(25)23-12-9-20(10-13-23)8-7-15-4-1-2-6-17(15)26-20/h1-2,4,6,16H,3,5,7-14H2,(H,21,24)(H,22,25). The van der Waals surface area contributed by atoms with Gasteiger partial charge in [-0.1, -0.05) is 18.2 Å². The van der Waals surface area contributed by atoms with Gasteiger partial charge in [-0.15, -0.1) is 0 Å². The number of urea groups is 1. The molecule has 6 heteroatoms. The summed E-state index contributed by atoms with van der Waals surface area (Å²) in [6.07, 6.45) is 5.61. The van der Waals surface area contributed by atoms with Crippen LogP contribution in [0.1, 0.15) is 37.7 Å². The van der Waals surface area contributed by atoms with Crippen LogP contribution in [0.2, 0.25) is 0 Å². The molecule has 1 aromatic rings. The van der Waals surface area contributed by atoms with Crippen LogP contribution in [0.5, 0.6) is 5.75 Å². The molecule has 0 aromatic heterocycles. The molecule has 140 valence electrons. The highest BCUT2D eigenvalue weighted by Crippen LogP contribution is 2.39. The minimum atomic E-state index is -0.131. The van der Waals surface area contributed by atoms with Crippen molar-refractivity contribution < 1.29 is 14.3 Å². The lowest BCUT2D eigenvalue weighted by atomic mass is 9.83. The molecule has 0 saturated carbocycles. The maximum absolute atomic E-state index is 12.5. The van der Waals surface area contributed by atoms with E-state index in [-0.39, 0.29) is 23.5 Å². The third kappa shape index (κ3) is 3.50. The van der Waals surface area contributed by atoms with Gasteiger partial charge in [-0.05, 0) is 37.3 Å². The van der Waals surface area contributed by atoms with Gasteiger partial charge in [0.05, 0.1) is 5.92 Å². The highest BCUT2D eigenvalue weighted by Gasteiger charge is 2.40.